The molecule has 1 saturated heterocycles. The summed E-state index contributed by atoms with van der Waals surface area (Å²) in [6.07, 6.45) is 1.58. The molecule has 9 nitrogen and oxygen atoms in total. The topological polar surface area (TPSA) is 121 Å². The lowest BCUT2D eigenvalue weighted by molar-refractivity contribution is 0.0730. The highest BCUT2D eigenvalue weighted by atomic mass is 79.9. The molecule has 0 aliphatic carbocycles. The number of H-pyrrole nitrogens is 1. The van der Waals surface area contributed by atoms with E-state index in [1.165, 1.54) is 28.6 Å². The molecular formula is C16H17BrN4O5S. The Morgan fingerprint density at radius 3 is 2.48 bits per heavy atom. The van der Waals surface area contributed by atoms with Gasteiger partial charge in [0.1, 0.15) is 5.69 Å². The number of hydrogen-bond acceptors (Lipinski definition) is 5. The van der Waals surface area contributed by atoms with Crippen LogP contribution in [-0.2, 0) is 14.8 Å². The second-order valence-electron chi connectivity index (χ2n) is 5.68. The van der Waals surface area contributed by atoms with Gasteiger partial charge in [-0.05, 0) is 40.2 Å². The quantitative estimate of drug-likeness (QED) is 0.589. The predicted molar refractivity (Wildman–Crippen MR) is 99.4 cm³/mol. The number of ether oxygens (including phenoxy) is 1. The van der Waals surface area contributed by atoms with Crippen molar-refractivity contribution in [2.45, 2.75) is 4.90 Å². The number of hydrogen-bond donors (Lipinski definition) is 3. The zero-order valence-electron chi connectivity index (χ0n) is 14.1. The Balaban J connectivity index is 1.69. The van der Waals surface area contributed by atoms with Crippen molar-refractivity contribution in [3.63, 3.8) is 0 Å². The zero-order chi connectivity index (χ0) is 19.4. The Kier molecular flexibility index (Phi) is 5.95. The molecule has 2 heterocycles. The molecule has 1 fully saturated rings. The maximum absolute atomic E-state index is 12.7. The first kappa shape index (κ1) is 19.5. The first-order chi connectivity index (χ1) is 12.9. The summed E-state index contributed by atoms with van der Waals surface area (Å²) in [4.78, 5) is 26.9. The molecule has 3 rings (SSSR count). The Bertz CT molecular complexity index is 953. The van der Waals surface area contributed by atoms with E-state index in [1.54, 1.807) is 12.3 Å². The van der Waals surface area contributed by atoms with Gasteiger partial charge in [0.05, 0.1) is 18.1 Å². The number of aromatic nitrogens is 1. The smallest absolute Gasteiger partial charge is 0.286 e. The minimum absolute atomic E-state index is 0.0108. The molecule has 0 atom stereocenters. The van der Waals surface area contributed by atoms with Crippen LogP contribution >= 0.6 is 15.9 Å². The minimum Gasteiger partial charge on any atom is -0.379 e. The van der Waals surface area contributed by atoms with Gasteiger partial charge >= 0.3 is 0 Å². The summed E-state index contributed by atoms with van der Waals surface area (Å²) in [5.74, 6) is -1.17. The molecule has 2 amide bonds. The fourth-order valence-corrected chi connectivity index (χ4v) is 4.28. The molecule has 11 heteroatoms. The lowest BCUT2D eigenvalue weighted by atomic mass is 10.2. The van der Waals surface area contributed by atoms with Crippen LogP contribution < -0.4 is 10.9 Å². The lowest BCUT2D eigenvalue weighted by Gasteiger charge is -2.26. The van der Waals surface area contributed by atoms with Crippen molar-refractivity contribution in [3.05, 3.63) is 52.3 Å². The van der Waals surface area contributed by atoms with Crippen LogP contribution in [0, 0.1) is 0 Å². The molecular weight excluding hydrogens is 440 g/mol. The molecule has 0 radical (unpaired) electrons. The summed E-state index contributed by atoms with van der Waals surface area (Å²) < 4.78 is 32.5. The summed E-state index contributed by atoms with van der Waals surface area (Å²) in [6, 6.07) is 7.20. The van der Waals surface area contributed by atoms with Crippen molar-refractivity contribution < 1.29 is 22.7 Å². The second-order valence-corrected chi connectivity index (χ2v) is 8.54. The molecule has 0 bridgehead atoms. The van der Waals surface area contributed by atoms with E-state index in [0.717, 1.165) is 0 Å². The normalized spacial score (nSPS) is 15.3. The van der Waals surface area contributed by atoms with E-state index in [4.69, 9.17) is 4.74 Å². The van der Waals surface area contributed by atoms with Gasteiger partial charge in [-0.2, -0.15) is 4.31 Å². The van der Waals surface area contributed by atoms with Gasteiger partial charge in [-0.15, -0.1) is 0 Å². The number of carbonyl (C=O) groups is 2. The van der Waals surface area contributed by atoms with Gasteiger partial charge in [0.25, 0.3) is 11.8 Å². The highest BCUT2D eigenvalue weighted by molar-refractivity contribution is 9.10. The summed E-state index contributed by atoms with van der Waals surface area (Å²) in [5.41, 5.74) is 4.89. The standard InChI is InChI=1S/C16H17BrN4O5S/c17-12-9-14(18-10-12)16(23)20-19-15(22)11-2-1-3-13(8-11)27(24,25)21-4-6-26-7-5-21/h1-3,8-10,18H,4-7H2,(H,19,22)(H,20,23). The third kappa shape index (κ3) is 4.56. The second kappa shape index (κ2) is 8.21. The van der Waals surface area contributed by atoms with Crippen molar-refractivity contribution >= 4 is 37.8 Å². The zero-order valence-corrected chi connectivity index (χ0v) is 16.5. The Morgan fingerprint density at radius 1 is 1.11 bits per heavy atom. The Hall–Kier alpha value is -2.21. The van der Waals surface area contributed by atoms with Crippen LogP contribution in [0.3, 0.4) is 0 Å². The van der Waals surface area contributed by atoms with E-state index in [9.17, 15) is 18.0 Å². The van der Waals surface area contributed by atoms with Crippen LogP contribution in [-0.4, -0.2) is 55.8 Å². The number of rotatable bonds is 4. The SMILES string of the molecule is O=C(NNC(=O)c1cc(Br)c[nH]1)c1cccc(S(=O)(=O)N2CCOCC2)c1. The largest absolute Gasteiger partial charge is 0.379 e. The first-order valence-corrected chi connectivity index (χ1v) is 10.2. The van der Waals surface area contributed by atoms with Crippen molar-refractivity contribution in [1.29, 1.82) is 0 Å². The molecule has 0 saturated carbocycles. The molecule has 3 N–H and O–H groups in total. The molecule has 0 spiro atoms. The van der Waals surface area contributed by atoms with Crippen molar-refractivity contribution in [1.82, 2.24) is 20.1 Å². The number of halogens is 1. The number of nitrogens with zero attached hydrogens (tertiary/aromatic N) is 1. The van der Waals surface area contributed by atoms with Crippen molar-refractivity contribution in [3.8, 4) is 0 Å². The average molecular weight is 457 g/mol. The van der Waals surface area contributed by atoms with Gasteiger partial charge in [-0.1, -0.05) is 6.07 Å². The van der Waals surface area contributed by atoms with Crippen LogP contribution in [0.4, 0.5) is 0 Å². The lowest BCUT2D eigenvalue weighted by Crippen LogP contribution is -2.42. The fourth-order valence-electron chi connectivity index (χ4n) is 2.49. The van der Waals surface area contributed by atoms with Crippen molar-refractivity contribution in [2.75, 3.05) is 26.3 Å². The molecule has 2 aromatic rings. The molecule has 0 unspecified atom stereocenters. The number of carbonyl (C=O) groups excluding carboxylic acids is 2. The molecule has 1 aliphatic rings. The Labute approximate surface area is 164 Å². The van der Waals surface area contributed by atoms with Crippen molar-refractivity contribution in [2.24, 2.45) is 0 Å². The third-order valence-corrected chi connectivity index (χ3v) is 6.24. The van der Waals surface area contributed by atoms with Gasteiger partial charge in [-0.25, -0.2) is 8.42 Å². The summed E-state index contributed by atoms with van der Waals surface area (Å²) in [7, 11) is -3.71. The van der Waals surface area contributed by atoms with Gasteiger partial charge in [0, 0.05) is 29.3 Å². The van der Waals surface area contributed by atoms with E-state index >= 15 is 0 Å². The maximum atomic E-state index is 12.7. The number of amides is 2. The van der Waals surface area contributed by atoms with Gasteiger partial charge in [-0.3, -0.25) is 20.4 Å². The molecule has 1 aliphatic heterocycles. The van der Waals surface area contributed by atoms with Crippen LogP contribution in [0.25, 0.3) is 0 Å². The number of hydrazine groups is 1. The summed E-state index contributed by atoms with van der Waals surface area (Å²) in [5, 5.41) is 0. The van der Waals surface area contributed by atoms with Crippen LogP contribution in [0.1, 0.15) is 20.8 Å². The van der Waals surface area contributed by atoms with Crippen LogP contribution in [0.5, 0.6) is 0 Å². The minimum atomic E-state index is -3.71. The number of sulfonamides is 1. The van der Waals surface area contributed by atoms with Crippen LogP contribution in [0.15, 0.2) is 45.9 Å². The first-order valence-electron chi connectivity index (χ1n) is 8.00. The van der Waals surface area contributed by atoms with E-state index in [0.29, 0.717) is 17.7 Å². The number of benzene rings is 1. The molecule has 144 valence electrons. The van der Waals surface area contributed by atoms with Gasteiger partial charge in [0.2, 0.25) is 10.0 Å². The monoisotopic (exact) mass is 456 g/mol. The predicted octanol–water partition coefficient (Wildman–Crippen LogP) is 0.873. The van der Waals surface area contributed by atoms with Crippen LogP contribution in [0.2, 0.25) is 0 Å². The Morgan fingerprint density at radius 2 is 1.81 bits per heavy atom. The number of nitrogens with one attached hydrogen (secondary N) is 3. The molecule has 1 aromatic heterocycles. The summed E-state index contributed by atoms with van der Waals surface area (Å²) in [6.45, 7) is 1.20. The summed E-state index contributed by atoms with van der Waals surface area (Å²) >= 11 is 3.21. The fraction of sp³-hybridized carbons (Fsp3) is 0.250. The van der Waals surface area contributed by atoms with Gasteiger partial charge < -0.3 is 9.72 Å². The van der Waals surface area contributed by atoms with Gasteiger partial charge in [0.15, 0.2) is 0 Å². The maximum Gasteiger partial charge on any atom is 0.286 e. The molecule has 27 heavy (non-hydrogen) atoms. The number of aromatic amines is 1. The highest BCUT2D eigenvalue weighted by Crippen LogP contribution is 2.18. The highest BCUT2D eigenvalue weighted by Gasteiger charge is 2.26. The van der Waals surface area contributed by atoms with E-state index < -0.39 is 21.8 Å². The third-order valence-electron chi connectivity index (χ3n) is 3.89. The average Bonchev–Trinajstić information content (AvgIpc) is 3.13. The van der Waals surface area contributed by atoms with E-state index in [2.05, 4.69) is 31.8 Å². The molecule has 1 aromatic carbocycles. The van der Waals surface area contributed by atoms with E-state index in [1.807, 2.05) is 0 Å². The number of morpholine rings is 1. The van der Waals surface area contributed by atoms with E-state index in [-0.39, 0.29) is 29.2 Å².